The van der Waals surface area contributed by atoms with Gasteiger partial charge in [-0.3, -0.25) is 0 Å². The number of furan rings is 1. The number of dihydropyridines is 1. The van der Waals surface area contributed by atoms with Gasteiger partial charge in [-0.1, -0.05) is 0 Å². The molecule has 2 heterocycles. The van der Waals surface area contributed by atoms with Crippen molar-refractivity contribution in [3.63, 3.8) is 0 Å². The molecule has 0 aromatic carbocycles. The second-order valence-corrected chi connectivity index (χ2v) is 5.30. The van der Waals surface area contributed by atoms with Gasteiger partial charge in [0.05, 0.1) is 30.8 Å². The van der Waals surface area contributed by atoms with Gasteiger partial charge in [0.2, 0.25) is 0 Å². The molecule has 6 nitrogen and oxygen atoms in total. The zero-order valence-corrected chi connectivity index (χ0v) is 14.0. The van der Waals surface area contributed by atoms with Crippen LogP contribution in [-0.4, -0.2) is 25.7 Å². The minimum atomic E-state index is -0.656. The number of methoxy groups -OCH3 is 1. The van der Waals surface area contributed by atoms with Crippen LogP contribution >= 0.6 is 0 Å². The number of carbonyl (C=O) groups excluding carboxylic acids is 2. The van der Waals surface area contributed by atoms with E-state index in [0.29, 0.717) is 34.1 Å². The van der Waals surface area contributed by atoms with E-state index >= 15 is 0 Å². The van der Waals surface area contributed by atoms with Crippen molar-refractivity contribution in [1.82, 2.24) is 5.32 Å². The first-order chi connectivity index (χ1) is 10.9. The molecule has 6 heteroatoms. The number of carbonyl (C=O) groups is 2. The molecule has 23 heavy (non-hydrogen) atoms. The molecule has 0 amide bonds. The van der Waals surface area contributed by atoms with Crippen molar-refractivity contribution in [3.8, 4) is 0 Å². The van der Waals surface area contributed by atoms with Gasteiger partial charge < -0.3 is 19.2 Å². The highest BCUT2D eigenvalue weighted by Crippen LogP contribution is 2.39. The molecular weight excluding hydrogens is 298 g/mol. The Labute approximate surface area is 135 Å². The lowest BCUT2D eigenvalue weighted by molar-refractivity contribution is -0.139. The average Bonchev–Trinajstić information content (AvgIpc) is 2.92. The van der Waals surface area contributed by atoms with Gasteiger partial charge in [-0.05, 0) is 39.8 Å². The van der Waals surface area contributed by atoms with Crippen LogP contribution < -0.4 is 5.32 Å². The predicted octanol–water partition coefficient (Wildman–Crippen LogP) is 2.56. The van der Waals surface area contributed by atoms with Crippen LogP contribution in [0.15, 0.2) is 39.1 Å². The number of ether oxygens (including phenoxy) is 2. The van der Waals surface area contributed by atoms with Gasteiger partial charge in [0.1, 0.15) is 11.5 Å². The van der Waals surface area contributed by atoms with Crippen LogP contribution in [0.5, 0.6) is 0 Å². The molecule has 0 fully saturated rings. The molecule has 0 saturated heterocycles. The minimum absolute atomic E-state index is 0.246. The monoisotopic (exact) mass is 319 g/mol. The maximum Gasteiger partial charge on any atom is 0.336 e. The van der Waals surface area contributed by atoms with E-state index in [0.717, 1.165) is 0 Å². The third-order valence-corrected chi connectivity index (χ3v) is 3.71. The first-order valence-electron chi connectivity index (χ1n) is 7.41. The maximum atomic E-state index is 12.4. The van der Waals surface area contributed by atoms with Crippen molar-refractivity contribution in [2.75, 3.05) is 13.7 Å². The minimum Gasteiger partial charge on any atom is -0.466 e. The zero-order valence-electron chi connectivity index (χ0n) is 14.0. The Morgan fingerprint density at radius 3 is 2.22 bits per heavy atom. The van der Waals surface area contributed by atoms with E-state index in [9.17, 15) is 9.59 Å². The van der Waals surface area contributed by atoms with Gasteiger partial charge in [0, 0.05) is 11.4 Å². The molecule has 0 radical (unpaired) electrons. The van der Waals surface area contributed by atoms with Gasteiger partial charge in [-0.15, -0.1) is 0 Å². The fourth-order valence-corrected chi connectivity index (χ4v) is 2.75. The molecule has 0 spiro atoms. The molecule has 124 valence electrons. The average molecular weight is 319 g/mol. The first-order valence-corrected chi connectivity index (χ1v) is 7.41. The Morgan fingerprint density at radius 2 is 1.74 bits per heavy atom. The number of hydrogen-bond acceptors (Lipinski definition) is 6. The highest BCUT2D eigenvalue weighted by Gasteiger charge is 2.39. The topological polar surface area (TPSA) is 77.8 Å². The lowest BCUT2D eigenvalue weighted by atomic mass is 9.83. The molecule has 0 unspecified atom stereocenters. The number of hydrogen-bond donors (Lipinski definition) is 1. The van der Waals surface area contributed by atoms with E-state index in [1.807, 2.05) is 0 Å². The van der Waals surface area contributed by atoms with Crippen molar-refractivity contribution < 1.29 is 23.5 Å². The van der Waals surface area contributed by atoms with Gasteiger partial charge in [-0.25, -0.2) is 9.59 Å². The van der Waals surface area contributed by atoms with Crippen LogP contribution in [-0.2, 0) is 19.1 Å². The second kappa shape index (κ2) is 6.73. The Morgan fingerprint density at radius 1 is 1.13 bits per heavy atom. The fourth-order valence-electron chi connectivity index (χ4n) is 2.75. The summed E-state index contributed by atoms with van der Waals surface area (Å²) >= 11 is 0. The maximum absolute atomic E-state index is 12.4. The summed E-state index contributed by atoms with van der Waals surface area (Å²) in [4.78, 5) is 24.7. The number of nitrogens with one attached hydrogen (secondary N) is 1. The largest absolute Gasteiger partial charge is 0.466 e. The molecular formula is C17H21NO5. The van der Waals surface area contributed by atoms with Crippen molar-refractivity contribution >= 4 is 11.9 Å². The van der Waals surface area contributed by atoms with Crippen molar-refractivity contribution in [1.29, 1.82) is 0 Å². The highest BCUT2D eigenvalue weighted by molar-refractivity contribution is 5.99. The first kappa shape index (κ1) is 16.9. The molecule has 1 aliphatic heterocycles. The van der Waals surface area contributed by atoms with Gasteiger partial charge >= 0.3 is 11.9 Å². The number of esters is 2. The van der Waals surface area contributed by atoms with Crippen molar-refractivity contribution in [3.05, 3.63) is 46.2 Å². The molecule has 0 bridgehead atoms. The van der Waals surface area contributed by atoms with Crippen LogP contribution in [0, 0.1) is 6.92 Å². The molecule has 1 atom stereocenters. The van der Waals surface area contributed by atoms with Gasteiger partial charge in [0.15, 0.2) is 0 Å². The summed E-state index contributed by atoms with van der Waals surface area (Å²) in [5.41, 5.74) is 1.96. The molecule has 1 N–H and O–H groups in total. The van der Waals surface area contributed by atoms with Crippen molar-refractivity contribution in [2.24, 2.45) is 0 Å². The van der Waals surface area contributed by atoms with Crippen LogP contribution in [0.1, 0.15) is 38.2 Å². The molecule has 2 rings (SSSR count). The lowest BCUT2D eigenvalue weighted by Crippen LogP contribution is -2.32. The van der Waals surface area contributed by atoms with Crippen LogP contribution in [0.4, 0.5) is 0 Å². The number of allylic oxidation sites excluding steroid dienone is 2. The lowest BCUT2D eigenvalue weighted by Gasteiger charge is -2.28. The van der Waals surface area contributed by atoms with Crippen LogP contribution in [0.25, 0.3) is 0 Å². The smallest absolute Gasteiger partial charge is 0.336 e. The summed E-state index contributed by atoms with van der Waals surface area (Å²) in [5, 5.41) is 3.06. The normalized spacial score (nSPS) is 17.9. The van der Waals surface area contributed by atoms with E-state index < -0.39 is 17.9 Å². The van der Waals surface area contributed by atoms with E-state index in [-0.39, 0.29) is 6.61 Å². The Kier molecular flexibility index (Phi) is 4.93. The molecule has 0 aliphatic carbocycles. The Hall–Kier alpha value is -2.50. The summed E-state index contributed by atoms with van der Waals surface area (Å²) in [7, 11) is 1.31. The second-order valence-electron chi connectivity index (χ2n) is 5.30. The molecule has 0 saturated carbocycles. The Balaban J connectivity index is 2.61. The summed E-state index contributed by atoms with van der Waals surface area (Å²) in [5.74, 6) is -0.447. The van der Waals surface area contributed by atoms with E-state index in [1.54, 1.807) is 39.8 Å². The van der Waals surface area contributed by atoms with Gasteiger partial charge in [0.25, 0.3) is 0 Å². The fraction of sp³-hybridized carbons (Fsp3) is 0.412. The summed E-state index contributed by atoms with van der Waals surface area (Å²) in [6.07, 6.45) is 0. The zero-order chi connectivity index (χ0) is 17.1. The number of aryl methyl sites for hydroxylation is 1. The highest BCUT2D eigenvalue weighted by atomic mass is 16.5. The van der Waals surface area contributed by atoms with E-state index in [2.05, 4.69) is 5.32 Å². The molecule has 1 aromatic rings. The molecule has 1 aromatic heterocycles. The predicted molar refractivity (Wildman–Crippen MR) is 83.4 cm³/mol. The van der Waals surface area contributed by atoms with E-state index in [4.69, 9.17) is 13.9 Å². The number of rotatable bonds is 4. The van der Waals surface area contributed by atoms with Crippen molar-refractivity contribution in [2.45, 2.75) is 33.6 Å². The van der Waals surface area contributed by atoms with Crippen LogP contribution in [0.2, 0.25) is 0 Å². The standard InChI is InChI=1S/C17H21NO5/c1-6-22-17(20)14-11(4)18-10(3)13(16(19)21-5)15(14)12-8-7-9(2)23-12/h7-8,15,18H,6H2,1-5H3/t15-/m0/s1. The third kappa shape index (κ3) is 3.16. The van der Waals surface area contributed by atoms with E-state index in [1.165, 1.54) is 7.11 Å². The summed E-state index contributed by atoms with van der Waals surface area (Å²) in [6, 6.07) is 3.55. The van der Waals surface area contributed by atoms with Crippen LogP contribution in [0.3, 0.4) is 0 Å². The summed E-state index contributed by atoms with van der Waals surface area (Å²) in [6.45, 7) is 7.32. The molecule has 1 aliphatic rings. The SMILES string of the molecule is CCOC(=O)C1=C(C)NC(C)=C(C(=O)OC)[C@@H]1c1ccc(C)o1. The third-order valence-electron chi connectivity index (χ3n) is 3.71. The Bertz CT molecular complexity index is 696. The summed E-state index contributed by atoms with van der Waals surface area (Å²) < 4.78 is 15.7. The van der Waals surface area contributed by atoms with Gasteiger partial charge in [-0.2, -0.15) is 0 Å². The quantitative estimate of drug-likeness (QED) is 0.859.